The summed E-state index contributed by atoms with van der Waals surface area (Å²) in [6, 6.07) is 9.58. The lowest BCUT2D eigenvalue weighted by molar-refractivity contribution is 0.0694. The van der Waals surface area contributed by atoms with E-state index in [1.165, 1.54) is 0 Å². The first-order valence-corrected chi connectivity index (χ1v) is 5.72. The first-order chi connectivity index (χ1) is 9.08. The average Bonchev–Trinajstić information content (AvgIpc) is 2.39. The number of anilines is 1. The smallest absolute Gasteiger partial charge is 0.342 e. The second-order valence-electron chi connectivity index (χ2n) is 4.06. The highest BCUT2D eigenvalue weighted by molar-refractivity contribution is 5.86. The molecular weight excluding hydrogens is 246 g/mol. The number of carbonyl (C=O) groups is 1. The van der Waals surface area contributed by atoms with E-state index in [0.29, 0.717) is 0 Å². The Labute approximate surface area is 109 Å². The lowest BCUT2D eigenvalue weighted by atomic mass is 10.1. The van der Waals surface area contributed by atoms with E-state index in [1.807, 2.05) is 37.3 Å². The second kappa shape index (κ2) is 5.34. The topological polar surface area (TPSA) is 95.1 Å². The minimum atomic E-state index is -1.29. The van der Waals surface area contributed by atoms with Crippen molar-refractivity contribution >= 4 is 11.9 Å². The Bertz CT molecular complexity index is 637. The summed E-state index contributed by atoms with van der Waals surface area (Å²) in [6.07, 6.45) is 1.04. The third kappa shape index (κ3) is 2.98. The molecule has 3 N–H and O–H groups in total. The van der Waals surface area contributed by atoms with Crippen LogP contribution in [-0.4, -0.2) is 21.0 Å². The molecule has 6 heteroatoms. The molecule has 0 fully saturated rings. The molecule has 1 aromatic carbocycles. The normalized spacial score (nSPS) is 11.8. The second-order valence-corrected chi connectivity index (χ2v) is 4.06. The summed E-state index contributed by atoms with van der Waals surface area (Å²) < 4.78 is 0. The fraction of sp³-hybridized carbons (Fsp3) is 0.154. The first kappa shape index (κ1) is 12.8. The van der Waals surface area contributed by atoms with Gasteiger partial charge < -0.3 is 10.4 Å². The SMILES string of the molecule is C[C@H](Nc1ncc(C(=O)O)c(=O)[nH]1)c1ccccc1. The van der Waals surface area contributed by atoms with Crippen molar-refractivity contribution in [2.75, 3.05) is 5.32 Å². The van der Waals surface area contributed by atoms with Gasteiger partial charge in [-0.3, -0.25) is 9.78 Å². The number of hydrogen-bond acceptors (Lipinski definition) is 4. The summed E-state index contributed by atoms with van der Waals surface area (Å²) in [4.78, 5) is 28.5. The number of nitrogens with zero attached hydrogens (tertiary/aromatic N) is 1. The minimum absolute atomic E-state index is 0.0555. The quantitative estimate of drug-likeness (QED) is 0.775. The summed E-state index contributed by atoms with van der Waals surface area (Å²) in [5.41, 5.74) is -0.0179. The Morgan fingerprint density at radius 2 is 2.05 bits per heavy atom. The number of benzene rings is 1. The molecule has 1 aromatic heterocycles. The number of aromatic amines is 1. The van der Waals surface area contributed by atoms with Crippen molar-refractivity contribution < 1.29 is 9.90 Å². The van der Waals surface area contributed by atoms with Crippen molar-refractivity contribution in [1.29, 1.82) is 0 Å². The van der Waals surface area contributed by atoms with Gasteiger partial charge in [-0.15, -0.1) is 0 Å². The van der Waals surface area contributed by atoms with Gasteiger partial charge in [-0.1, -0.05) is 30.3 Å². The maximum atomic E-state index is 11.5. The van der Waals surface area contributed by atoms with Gasteiger partial charge in [0.25, 0.3) is 5.56 Å². The van der Waals surface area contributed by atoms with Crippen molar-refractivity contribution in [3.63, 3.8) is 0 Å². The molecule has 0 aliphatic rings. The molecule has 0 spiro atoms. The van der Waals surface area contributed by atoms with E-state index in [2.05, 4.69) is 15.3 Å². The van der Waals surface area contributed by atoms with Crippen molar-refractivity contribution in [3.8, 4) is 0 Å². The molecule has 0 radical (unpaired) electrons. The number of hydrogen-bond donors (Lipinski definition) is 3. The van der Waals surface area contributed by atoms with E-state index in [4.69, 9.17) is 5.11 Å². The average molecular weight is 259 g/mol. The van der Waals surface area contributed by atoms with Gasteiger partial charge in [0, 0.05) is 0 Å². The molecular formula is C13H13N3O3. The molecule has 0 aliphatic heterocycles. The lowest BCUT2D eigenvalue weighted by Gasteiger charge is -2.14. The zero-order valence-electron chi connectivity index (χ0n) is 10.3. The Balaban J connectivity index is 2.18. The Morgan fingerprint density at radius 1 is 1.37 bits per heavy atom. The number of aromatic nitrogens is 2. The van der Waals surface area contributed by atoms with Crippen LogP contribution in [0.2, 0.25) is 0 Å². The maximum absolute atomic E-state index is 11.5. The summed E-state index contributed by atoms with van der Waals surface area (Å²) in [6.45, 7) is 1.92. The van der Waals surface area contributed by atoms with Crippen LogP contribution in [0.1, 0.15) is 28.9 Å². The standard InChI is InChI=1S/C13H13N3O3/c1-8(9-5-3-2-4-6-9)15-13-14-7-10(12(18)19)11(17)16-13/h2-8H,1H3,(H,18,19)(H2,14,15,16,17)/t8-/m0/s1. The highest BCUT2D eigenvalue weighted by Crippen LogP contribution is 2.15. The molecule has 1 atom stereocenters. The van der Waals surface area contributed by atoms with Crippen LogP contribution in [0.3, 0.4) is 0 Å². The Morgan fingerprint density at radius 3 is 2.63 bits per heavy atom. The highest BCUT2D eigenvalue weighted by Gasteiger charge is 2.11. The zero-order valence-corrected chi connectivity index (χ0v) is 10.3. The first-order valence-electron chi connectivity index (χ1n) is 5.72. The molecule has 19 heavy (non-hydrogen) atoms. The van der Waals surface area contributed by atoms with Crippen LogP contribution in [0.15, 0.2) is 41.3 Å². The van der Waals surface area contributed by atoms with Crippen LogP contribution in [0.25, 0.3) is 0 Å². The lowest BCUT2D eigenvalue weighted by Crippen LogP contribution is -2.21. The van der Waals surface area contributed by atoms with Crippen molar-refractivity contribution in [3.05, 3.63) is 58.0 Å². The molecule has 0 aliphatic carbocycles. The largest absolute Gasteiger partial charge is 0.477 e. The summed E-state index contributed by atoms with van der Waals surface area (Å²) in [7, 11) is 0. The predicted octanol–water partition coefficient (Wildman–Crippen LogP) is 1.64. The van der Waals surface area contributed by atoms with E-state index >= 15 is 0 Å². The van der Waals surface area contributed by atoms with Gasteiger partial charge in [0.15, 0.2) is 0 Å². The highest BCUT2D eigenvalue weighted by atomic mass is 16.4. The summed E-state index contributed by atoms with van der Waals surface area (Å²) >= 11 is 0. The van der Waals surface area contributed by atoms with Gasteiger partial charge in [-0.25, -0.2) is 9.78 Å². The van der Waals surface area contributed by atoms with E-state index in [0.717, 1.165) is 11.8 Å². The maximum Gasteiger partial charge on any atom is 0.342 e. The number of carboxylic acid groups (broad SMARTS) is 1. The zero-order chi connectivity index (χ0) is 13.8. The fourth-order valence-corrected chi connectivity index (χ4v) is 1.65. The van der Waals surface area contributed by atoms with Crippen LogP contribution in [-0.2, 0) is 0 Å². The van der Waals surface area contributed by atoms with Gasteiger partial charge in [-0.05, 0) is 12.5 Å². The number of rotatable bonds is 4. The summed E-state index contributed by atoms with van der Waals surface area (Å²) in [5, 5.41) is 11.7. The van der Waals surface area contributed by atoms with Crippen LogP contribution in [0, 0.1) is 0 Å². The van der Waals surface area contributed by atoms with E-state index in [9.17, 15) is 9.59 Å². The van der Waals surface area contributed by atoms with Crippen LogP contribution in [0.4, 0.5) is 5.95 Å². The summed E-state index contributed by atoms with van der Waals surface area (Å²) in [5.74, 6) is -1.05. The molecule has 0 saturated heterocycles. The molecule has 6 nitrogen and oxygen atoms in total. The molecule has 1 heterocycles. The monoisotopic (exact) mass is 259 g/mol. The Kier molecular flexibility index (Phi) is 3.61. The minimum Gasteiger partial charge on any atom is -0.477 e. The third-order valence-corrected chi connectivity index (χ3v) is 2.68. The molecule has 0 unspecified atom stereocenters. The van der Waals surface area contributed by atoms with Crippen LogP contribution in [0.5, 0.6) is 0 Å². The molecule has 0 amide bonds. The van der Waals surface area contributed by atoms with Crippen molar-refractivity contribution in [2.45, 2.75) is 13.0 Å². The molecule has 98 valence electrons. The molecule has 2 rings (SSSR count). The Hall–Kier alpha value is -2.63. The van der Waals surface area contributed by atoms with Gasteiger partial charge in [0.1, 0.15) is 5.56 Å². The van der Waals surface area contributed by atoms with E-state index in [1.54, 1.807) is 0 Å². The number of nitrogens with one attached hydrogen (secondary N) is 2. The van der Waals surface area contributed by atoms with Gasteiger partial charge in [0.2, 0.25) is 5.95 Å². The third-order valence-electron chi connectivity index (χ3n) is 2.68. The van der Waals surface area contributed by atoms with Gasteiger partial charge >= 0.3 is 5.97 Å². The number of aromatic carboxylic acids is 1. The predicted molar refractivity (Wildman–Crippen MR) is 70.3 cm³/mol. The van der Waals surface area contributed by atoms with Crippen LogP contribution >= 0.6 is 0 Å². The van der Waals surface area contributed by atoms with Gasteiger partial charge in [-0.2, -0.15) is 0 Å². The van der Waals surface area contributed by atoms with Crippen LogP contribution < -0.4 is 10.9 Å². The van der Waals surface area contributed by atoms with Gasteiger partial charge in [0.05, 0.1) is 12.2 Å². The van der Waals surface area contributed by atoms with Crippen molar-refractivity contribution in [2.24, 2.45) is 0 Å². The van der Waals surface area contributed by atoms with E-state index < -0.39 is 11.5 Å². The van der Waals surface area contributed by atoms with E-state index in [-0.39, 0.29) is 17.6 Å². The molecule has 2 aromatic rings. The number of H-pyrrole nitrogens is 1. The molecule has 0 saturated carbocycles. The fourth-order valence-electron chi connectivity index (χ4n) is 1.65. The van der Waals surface area contributed by atoms with Crippen molar-refractivity contribution in [1.82, 2.24) is 9.97 Å². The number of carboxylic acids is 1. The molecule has 0 bridgehead atoms.